The summed E-state index contributed by atoms with van der Waals surface area (Å²) in [6.07, 6.45) is 0. The summed E-state index contributed by atoms with van der Waals surface area (Å²) in [7, 11) is 0. The van der Waals surface area contributed by atoms with Crippen LogP contribution in [0.1, 0.15) is 0 Å². The van der Waals surface area contributed by atoms with Crippen LogP contribution in [0.4, 0.5) is 0 Å². The van der Waals surface area contributed by atoms with Crippen LogP contribution in [0, 0.1) is 0 Å². The molecule has 25 heavy (non-hydrogen) atoms. The lowest BCUT2D eigenvalue weighted by atomic mass is 9.97. The molecule has 0 heterocycles. The molecule has 0 radical (unpaired) electrons. The molecule has 118 valence electrons. The summed E-state index contributed by atoms with van der Waals surface area (Å²) in [5, 5.41) is 17.1. The van der Waals surface area contributed by atoms with Crippen LogP contribution in [0.5, 0.6) is 5.75 Å². The lowest BCUT2D eigenvalue weighted by Gasteiger charge is -2.08. The Kier molecular flexibility index (Phi) is 3.01. The molecule has 0 unspecified atom stereocenters. The summed E-state index contributed by atoms with van der Waals surface area (Å²) in [6, 6.07) is 31.3. The van der Waals surface area contributed by atoms with Crippen molar-refractivity contribution < 1.29 is 5.11 Å². The molecule has 1 nitrogen and oxygen atoms in total. The van der Waals surface area contributed by atoms with Gasteiger partial charge in [0.15, 0.2) is 0 Å². The standard InChI is InChI=1S/C24H16O/c25-24-7-3-6-16-8-9-21(15-23(16)24)19-10-11-20-12-17-4-1-2-5-18(17)13-22(20)14-19/h1-15,25H. The summed E-state index contributed by atoms with van der Waals surface area (Å²) < 4.78 is 0. The zero-order valence-electron chi connectivity index (χ0n) is 13.6. The van der Waals surface area contributed by atoms with Crippen LogP contribution in [0.2, 0.25) is 0 Å². The molecule has 5 aromatic carbocycles. The average Bonchev–Trinajstić information content (AvgIpc) is 2.66. The maximum absolute atomic E-state index is 10.1. The lowest BCUT2D eigenvalue weighted by Crippen LogP contribution is -1.82. The van der Waals surface area contributed by atoms with Crippen LogP contribution in [-0.2, 0) is 0 Å². The van der Waals surface area contributed by atoms with Crippen molar-refractivity contribution in [2.45, 2.75) is 0 Å². The topological polar surface area (TPSA) is 20.2 Å². The van der Waals surface area contributed by atoms with Crippen molar-refractivity contribution in [2.24, 2.45) is 0 Å². The van der Waals surface area contributed by atoms with Crippen molar-refractivity contribution in [2.75, 3.05) is 0 Å². The molecule has 0 aliphatic carbocycles. The second-order valence-corrected chi connectivity index (χ2v) is 6.47. The zero-order valence-corrected chi connectivity index (χ0v) is 13.6. The van der Waals surface area contributed by atoms with Crippen LogP contribution < -0.4 is 0 Å². The second kappa shape index (κ2) is 5.35. The Hall–Kier alpha value is -3.32. The molecule has 0 saturated carbocycles. The van der Waals surface area contributed by atoms with Gasteiger partial charge in [-0.15, -0.1) is 0 Å². The Labute approximate surface area is 145 Å². The fourth-order valence-electron chi connectivity index (χ4n) is 3.56. The van der Waals surface area contributed by atoms with E-state index in [-0.39, 0.29) is 0 Å². The van der Waals surface area contributed by atoms with Gasteiger partial charge in [0.25, 0.3) is 0 Å². The van der Waals surface area contributed by atoms with Gasteiger partial charge in [-0.2, -0.15) is 0 Å². The van der Waals surface area contributed by atoms with E-state index in [1.807, 2.05) is 12.1 Å². The largest absolute Gasteiger partial charge is 0.507 e. The first kappa shape index (κ1) is 14.1. The van der Waals surface area contributed by atoms with E-state index in [1.54, 1.807) is 6.07 Å². The lowest BCUT2D eigenvalue weighted by molar-refractivity contribution is 0.481. The van der Waals surface area contributed by atoms with Crippen molar-refractivity contribution in [1.29, 1.82) is 0 Å². The minimum Gasteiger partial charge on any atom is -0.507 e. The number of hydrogen-bond acceptors (Lipinski definition) is 1. The molecule has 0 aliphatic rings. The zero-order chi connectivity index (χ0) is 16.8. The number of phenolic OH excluding ortho intramolecular Hbond substituents is 1. The molecule has 5 rings (SSSR count). The molecule has 0 aliphatic heterocycles. The van der Waals surface area contributed by atoms with E-state index in [4.69, 9.17) is 0 Å². The Balaban J connectivity index is 1.72. The van der Waals surface area contributed by atoms with E-state index in [9.17, 15) is 5.11 Å². The molecule has 0 bridgehead atoms. The monoisotopic (exact) mass is 320 g/mol. The van der Waals surface area contributed by atoms with Gasteiger partial charge in [-0.25, -0.2) is 0 Å². The molecule has 0 saturated heterocycles. The summed E-state index contributed by atoms with van der Waals surface area (Å²) in [5.74, 6) is 0.325. The van der Waals surface area contributed by atoms with E-state index in [2.05, 4.69) is 72.8 Å². The third-order valence-electron chi connectivity index (χ3n) is 4.90. The fraction of sp³-hybridized carbons (Fsp3) is 0. The van der Waals surface area contributed by atoms with Crippen molar-refractivity contribution >= 4 is 32.3 Å². The molecule has 1 heteroatoms. The van der Waals surface area contributed by atoms with E-state index >= 15 is 0 Å². The fourth-order valence-corrected chi connectivity index (χ4v) is 3.56. The SMILES string of the molecule is Oc1cccc2ccc(-c3ccc4cc5ccccc5cc4c3)cc12. The van der Waals surface area contributed by atoms with Gasteiger partial charge in [0.1, 0.15) is 5.75 Å². The average molecular weight is 320 g/mol. The minimum atomic E-state index is 0.325. The van der Waals surface area contributed by atoms with Crippen LogP contribution in [0.15, 0.2) is 91.0 Å². The summed E-state index contributed by atoms with van der Waals surface area (Å²) in [4.78, 5) is 0. The molecular weight excluding hydrogens is 304 g/mol. The van der Waals surface area contributed by atoms with E-state index in [0.29, 0.717) is 5.75 Å². The van der Waals surface area contributed by atoms with Gasteiger partial charge < -0.3 is 5.11 Å². The third kappa shape index (κ3) is 2.33. The highest BCUT2D eigenvalue weighted by Crippen LogP contribution is 2.32. The number of phenols is 1. The van der Waals surface area contributed by atoms with Crippen molar-refractivity contribution in [1.82, 2.24) is 0 Å². The third-order valence-corrected chi connectivity index (χ3v) is 4.90. The highest BCUT2D eigenvalue weighted by Gasteiger charge is 2.05. The maximum Gasteiger partial charge on any atom is 0.123 e. The predicted molar refractivity (Wildman–Crippen MR) is 106 cm³/mol. The first-order chi connectivity index (χ1) is 12.3. The first-order valence-electron chi connectivity index (χ1n) is 8.43. The van der Waals surface area contributed by atoms with E-state index in [1.165, 1.54) is 21.5 Å². The highest BCUT2D eigenvalue weighted by atomic mass is 16.3. The van der Waals surface area contributed by atoms with Crippen LogP contribution in [-0.4, -0.2) is 5.11 Å². The molecular formula is C24H16O. The molecule has 0 spiro atoms. The number of aromatic hydroxyl groups is 1. The number of fused-ring (bicyclic) bond motifs is 3. The van der Waals surface area contributed by atoms with Crippen LogP contribution in [0.25, 0.3) is 43.4 Å². The van der Waals surface area contributed by atoms with Crippen molar-refractivity contribution in [3.63, 3.8) is 0 Å². The summed E-state index contributed by atoms with van der Waals surface area (Å²) >= 11 is 0. The summed E-state index contributed by atoms with van der Waals surface area (Å²) in [6.45, 7) is 0. The molecule has 5 aromatic rings. The Bertz CT molecular complexity index is 1250. The molecule has 1 N–H and O–H groups in total. The number of hydrogen-bond donors (Lipinski definition) is 1. The van der Waals surface area contributed by atoms with Gasteiger partial charge >= 0.3 is 0 Å². The quantitative estimate of drug-likeness (QED) is 0.349. The molecule has 0 amide bonds. The van der Waals surface area contributed by atoms with Gasteiger partial charge in [0.2, 0.25) is 0 Å². The minimum absolute atomic E-state index is 0.325. The van der Waals surface area contributed by atoms with Crippen molar-refractivity contribution in [3.05, 3.63) is 91.0 Å². The smallest absolute Gasteiger partial charge is 0.123 e. The Morgan fingerprint density at radius 3 is 1.84 bits per heavy atom. The Morgan fingerprint density at radius 2 is 1.04 bits per heavy atom. The van der Waals surface area contributed by atoms with Crippen LogP contribution in [0.3, 0.4) is 0 Å². The predicted octanol–water partition coefficient (Wildman–Crippen LogP) is 6.52. The van der Waals surface area contributed by atoms with Gasteiger partial charge in [-0.05, 0) is 68.4 Å². The normalized spacial score (nSPS) is 11.4. The van der Waals surface area contributed by atoms with Gasteiger partial charge in [0, 0.05) is 5.39 Å². The first-order valence-corrected chi connectivity index (χ1v) is 8.43. The Morgan fingerprint density at radius 1 is 0.440 bits per heavy atom. The van der Waals surface area contributed by atoms with Crippen LogP contribution >= 0.6 is 0 Å². The molecule has 0 fully saturated rings. The van der Waals surface area contributed by atoms with E-state index < -0.39 is 0 Å². The number of rotatable bonds is 1. The molecule has 0 aromatic heterocycles. The van der Waals surface area contributed by atoms with Crippen molar-refractivity contribution in [3.8, 4) is 16.9 Å². The van der Waals surface area contributed by atoms with Gasteiger partial charge in [0.05, 0.1) is 0 Å². The highest BCUT2D eigenvalue weighted by molar-refractivity contribution is 6.00. The van der Waals surface area contributed by atoms with Gasteiger partial charge in [-0.3, -0.25) is 0 Å². The van der Waals surface area contributed by atoms with Gasteiger partial charge in [-0.1, -0.05) is 60.7 Å². The maximum atomic E-state index is 10.1. The molecule has 0 atom stereocenters. The summed E-state index contributed by atoms with van der Waals surface area (Å²) in [5.41, 5.74) is 2.27. The van der Waals surface area contributed by atoms with E-state index in [0.717, 1.165) is 21.9 Å². The number of benzene rings is 5. The second-order valence-electron chi connectivity index (χ2n) is 6.47.